The van der Waals surface area contributed by atoms with Crippen LogP contribution in [0.3, 0.4) is 0 Å². The van der Waals surface area contributed by atoms with Crippen molar-refractivity contribution in [2.24, 2.45) is 0 Å². The average Bonchev–Trinajstić information content (AvgIpc) is 3.14. The summed E-state index contributed by atoms with van der Waals surface area (Å²) in [6.45, 7) is 2.33. The second-order valence-electron chi connectivity index (χ2n) is 14.4. The summed E-state index contributed by atoms with van der Waals surface area (Å²) in [6.07, 6.45) is 37.3. The van der Waals surface area contributed by atoms with Gasteiger partial charge in [-0.05, 0) is 32.1 Å². The first-order chi connectivity index (χ1) is 25.7. The minimum Gasteiger partial charge on any atom is -0.462 e. The summed E-state index contributed by atoms with van der Waals surface area (Å²) in [5.74, 6) is -0.996. The van der Waals surface area contributed by atoms with Gasteiger partial charge in [0.25, 0.3) is 0 Å². The lowest BCUT2D eigenvalue weighted by molar-refractivity contribution is -0.161. The van der Waals surface area contributed by atoms with Crippen LogP contribution in [-0.2, 0) is 32.7 Å². The maximum Gasteiger partial charge on any atom is 0.472 e. The van der Waals surface area contributed by atoms with Gasteiger partial charge in [-0.25, -0.2) is 4.57 Å². The molecule has 0 fully saturated rings. The number of hydrogen-bond donors (Lipinski definition) is 3. The van der Waals surface area contributed by atoms with E-state index in [1.807, 2.05) is 12.2 Å². The lowest BCUT2D eigenvalue weighted by atomic mass is 10.0. The largest absolute Gasteiger partial charge is 0.472 e. The van der Waals surface area contributed by atoms with Gasteiger partial charge in [0, 0.05) is 12.8 Å². The van der Waals surface area contributed by atoms with Crippen LogP contribution >= 0.6 is 7.82 Å². The van der Waals surface area contributed by atoms with Crippen LogP contribution in [0.15, 0.2) is 24.3 Å². The van der Waals surface area contributed by atoms with E-state index in [4.69, 9.17) is 19.1 Å². The van der Waals surface area contributed by atoms with E-state index in [1.165, 1.54) is 122 Å². The molecule has 0 saturated heterocycles. The summed E-state index contributed by atoms with van der Waals surface area (Å²) in [7, 11) is -4.62. The minimum absolute atomic E-state index is 0.0815. The Bertz CT molecular complexity index is 941. The molecule has 0 aromatic heterocycles. The molecule has 0 spiro atoms. The molecule has 0 rings (SSSR count). The van der Waals surface area contributed by atoms with Crippen molar-refractivity contribution in [3.05, 3.63) is 24.3 Å². The van der Waals surface area contributed by atoms with Crippen LogP contribution in [0.2, 0.25) is 0 Å². The standard InChI is InChI=1S/C42H79O10P/c1-3-5-7-9-11-13-15-17-18-19-20-22-24-26-28-30-32-34-42(46)52-40(38-51-53(47,48)50-36-39(44)35-43)37-49-41(45)33-31-29-27-25-23-21-16-14-12-10-8-6-4-2/h22,24,28,30,39-40,43-44H,3-21,23,25-27,29,31-38H2,1-2H3,(H,47,48)/b24-22-,30-28-. The van der Waals surface area contributed by atoms with Crippen molar-refractivity contribution < 1.29 is 47.8 Å². The Morgan fingerprint density at radius 2 is 1.02 bits per heavy atom. The molecule has 0 aliphatic heterocycles. The van der Waals surface area contributed by atoms with Crippen molar-refractivity contribution >= 4 is 19.8 Å². The molecule has 0 saturated carbocycles. The third kappa shape index (κ3) is 38.5. The number of carbonyl (C=O) groups is 2. The molecule has 0 heterocycles. The third-order valence-electron chi connectivity index (χ3n) is 9.12. The van der Waals surface area contributed by atoms with Crippen molar-refractivity contribution in [2.45, 2.75) is 206 Å². The minimum atomic E-state index is -4.62. The van der Waals surface area contributed by atoms with E-state index in [9.17, 15) is 24.2 Å². The molecule has 0 aliphatic rings. The van der Waals surface area contributed by atoms with Gasteiger partial charge in [-0.1, -0.05) is 173 Å². The highest BCUT2D eigenvalue weighted by atomic mass is 31.2. The predicted octanol–water partition coefficient (Wildman–Crippen LogP) is 11.0. The Morgan fingerprint density at radius 1 is 0.566 bits per heavy atom. The van der Waals surface area contributed by atoms with Crippen molar-refractivity contribution in [2.75, 3.05) is 26.4 Å². The molecular formula is C42H79O10P. The van der Waals surface area contributed by atoms with Crippen molar-refractivity contribution in [1.82, 2.24) is 0 Å². The van der Waals surface area contributed by atoms with Gasteiger partial charge < -0.3 is 24.6 Å². The van der Waals surface area contributed by atoms with Crippen molar-refractivity contribution in [1.29, 1.82) is 0 Å². The molecule has 0 bridgehead atoms. The molecule has 312 valence electrons. The molecule has 0 aliphatic carbocycles. The van der Waals surface area contributed by atoms with E-state index in [-0.39, 0.29) is 19.4 Å². The Kier molecular flexibility index (Phi) is 37.6. The van der Waals surface area contributed by atoms with Gasteiger partial charge >= 0.3 is 19.8 Å². The van der Waals surface area contributed by atoms with Gasteiger partial charge in [-0.2, -0.15) is 0 Å². The summed E-state index contributed by atoms with van der Waals surface area (Å²) in [6, 6.07) is 0. The number of phosphoric ester groups is 1. The Labute approximate surface area is 323 Å². The monoisotopic (exact) mass is 775 g/mol. The van der Waals surface area contributed by atoms with Crippen molar-refractivity contribution in [3.8, 4) is 0 Å². The van der Waals surface area contributed by atoms with Crippen LogP contribution in [0.5, 0.6) is 0 Å². The maximum absolute atomic E-state index is 12.6. The van der Waals surface area contributed by atoms with Crippen molar-refractivity contribution in [3.63, 3.8) is 0 Å². The third-order valence-corrected chi connectivity index (χ3v) is 10.1. The number of aliphatic hydroxyl groups excluding tert-OH is 2. The summed E-state index contributed by atoms with van der Waals surface area (Å²) in [4.78, 5) is 34.9. The number of carbonyl (C=O) groups excluding carboxylic acids is 2. The molecule has 0 aromatic carbocycles. The van der Waals surface area contributed by atoms with E-state index in [1.54, 1.807) is 0 Å². The highest BCUT2D eigenvalue weighted by Gasteiger charge is 2.27. The highest BCUT2D eigenvalue weighted by molar-refractivity contribution is 7.47. The predicted molar refractivity (Wildman–Crippen MR) is 215 cm³/mol. The van der Waals surface area contributed by atoms with Crippen LogP contribution < -0.4 is 0 Å². The Balaban J connectivity index is 4.37. The topological polar surface area (TPSA) is 149 Å². The molecular weight excluding hydrogens is 695 g/mol. The molecule has 3 unspecified atom stereocenters. The van der Waals surface area contributed by atoms with Gasteiger partial charge in [0.05, 0.1) is 19.8 Å². The molecule has 0 radical (unpaired) electrons. The van der Waals surface area contributed by atoms with E-state index in [2.05, 4.69) is 30.5 Å². The van der Waals surface area contributed by atoms with E-state index >= 15 is 0 Å². The number of ether oxygens (including phenoxy) is 2. The normalized spacial score (nSPS) is 14.1. The summed E-state index contributed by atoms with van der Waals surface area (Å²) in [5.41, 5.74) is 0. The zero-order valence-corrected chi connectivity index (χ0v) is 34.6. The molecule has 10 nitrogen and oxygen atoms in total. The second-order valence-corrected chi connectivity index (χ2v) is 15.8. The van der Waals surface area contributed by atoms with Crippen LogP contribution in [0.25, 0.3) is 0 Å². The summed E-state index contributed by atoms with van der Waals surface area (Å²) >= 11 is 0. The van der Waals surface area contributed by atoms with E-state index in [0.717, 1.165) is 32.1 Å². The zero-order chi connectivity index (χ0) is 39.1. The summed E-state index contributed by atoms with van der Waals surface area (Å²) < 4.78 is 32.6. The molecule has 0 amide bonds. The average molecular weight is 775 g/mol. The van der Waals surface area contributed by atoms with Gasteiger partial charge in [-0.15, -0.1) is 0 Å². The summed E-state index contributed by atoms with van der Waals surface area (Å²) in [5, 5.41) is 18.3. The van der Waals surface area contributed by atoms with Crippen LogP contribution in [-0.4, -0.2) is 65.7 Å². The Hall–Kier alpha value is -1.55. The number of unbranched alkanes of at least 4 members (excludes halogenated alkanes) is 22. The quantitative estimate of drug-likeness (QED) is 0.0238. The highest BCUT2D eigenvalue weighted by Crippen LogP contribution is 2.43. The number of phosphoric acid groups is 1. The number of aliphatic hydroxyl groups is 2. The van der Waals surface area contributed by atoms with E-state index in [0.29, 0.717) is 12.8 Å². The fourth-order valence-corrected chi connectivity index (χ4v) is 6.60. The molecule has 0 aromatic rings. The molecule has 3 N–H and O–H groups in total. The van der Waals surface area contributed by atoms with Crippen LogP contribution in [0.1, 0.15) is 194 Å². The lowest BCUT2D eigenvalue weighted by Gasteiger charge is -2.20. The number of esters is 2. The van der Waals surface area contributed by atoms with Gasteiger partial charge in [0.2, 0.25) is 0 Å². The lowest BCUT2D eigenvalue weighted by Crippen LogP contribution is -2.29. The first kappa shape index (κ1) is 51.5. The van der Waals surface area contributed by atoms with E-state index < -0.39 is 51.8 Å². The number of allylic oxidation sites excluding steroid dienone is 4. The fourth-order valence-electron chi connectivity index (χ4n) is 5.81. The Morgan fingerprint density at radius 3 is 1.53 bits per heavy atom. The van der Waals surface area contributed by atoms with Gasteiger partial charge in [0.15, 0.2) is 6.10 Å². The SMILES string of the molecule is CCCCCCCCCCCC/C=C\C/C=C\CCC(=O)OC(COC(=O)CCCCCCCCCCCCCCC)COP(=O)(O)OCC(O)CO. The second kappa shape index (κ2) is 38.7. The number of hydrogen-bond acceptors (Lipinski definition) is 9. The van der Waals surface area contributed by atoms with Gasteiger partial charge in [0.1, 0.15) is 12.7 Å². The zero-order valence-electron chi connectivity index (χ0n) is 33.7. The van der Waals surface area contributed by atoms with Gasteiger partial charge in [-0.3, -0.25) is 18.6 Å². The van der Waals surface area contributed by atoms with Crippen LogP contribution in [0, 0.1) is 0 Å². The van der Waals surface area contributed by atoms with Crippen LogP contribution in [0.4, 0.5) is 0 Å². The smallest absolute Gasteiger partial charge is 0.462 e. The number of rotatable bonds is 40. The molecule has 3 atom stereocenters. The maximum atomic E-state index is 12.6. The first-order valence-corrected chi connectivity index (χ1v) is 22.8. The molecule has 53 heavy (non-hydrogen) atoms. The fraction of sp³-hybridized carbons (Fsp3) is 0.857. The molecule has 11 heteroatoms. The first-order valence-electron chi connectivity index (χ1n) is 21.3.